The summed E-state index contributed by atoms with van der Waals surface area (Å²) in [4.78, 5) is 11.4. The molecule has 0 atom stereocenters. The van der Waals surface area contributed by atoms with Gasteiger partial charge >= 0.3 is 0 Å². The molecule has 2 N–H and O–H groups in total. The standard InChI is InChI=1S/C21H31N5.HI/c1-21(2,26-13-7-4-8-14-26)16-25-20(22-3)24-15-17-11-12-23-19-10-6-5-9-18(17)19;/h5-6,9-12H,4,7-8,13-16H2,1-3H3,(H2,22,24,25);1H. The maximum absolute atomic E-state index is 4.43. The van der Waals surface area contributed by atoms with Crippen LogP contribution >= 0.6 is 24.0 Å². The van der Waals surface area contributed by atoms with Crippen LogP contribution < -0.4 is 10.6 Å². The molecule has 1 aliphatic heterocycles. The van der Waals surface area contributed by atoms with Gasteiger partial charge in [-0.05, 0) is 57.5 Å². The van der Waals surface area contributed by atoms with Crippen molar-refractivity contribution in [1.82, 2.24) is 20.5 Å². The third-order valence-corrected chi connectivity index (χ3v) is 5.31. The van der Waals surface area contributed by atoms with E-state index in [9.17, 15) is 0 Å². The van der Waals surface area contributed by atoms with E-state index in [1.54, 1.807) is 0 Å². The summed E-state index contributed by atoms with van der Waals surface area (Å²) in [5.41, 5.74) is 2.39. The number of aromatic nitrogens is 1. The van der Waals surface area contributed by atoms with Crippen molar-refractivity contribution in [2.75, 3.05) is 26.7 Å². The molecule has 1 aromatic carbocycles. The maximum Gasteiger partial charge on any atom is 0.191 e. The minimum atomic E-state index is 0. The summed E-state index contributed by atoms with van der Waals surface area (Å²) in [6.07, 6.45) is 5.86. The number of likely N-dealkylation sites (tertiary alicyclic amines) is 1. The van der Waals surface area contributed by atoms with E-state index in [0.717, 1.165) is 24.6 Å². The van der Waals surface area contributed by atoms with Gasteiger partial charge in [0.1, 0.15) is 0 Å². The molecule has 1 saturated heterocycles. The van der Waals surface area contributed by atoms with Gasteiger partial charge in [0.05, 0.1) is 5.52 Å². The number of pyridine rings is 1. The van der Waals surface area contributed by atoms with E-state index >= 15 is 0 Å². The summed E-state index contributed by atoms with van der Waals surface area (Å²) in [5.74, 6) is 0.843. The summed E-state index contributed by atoms with van der Waals surface area (Å²) >= 11 is 0. The summed E-state index contributed by atoms with van der Waals surface area (Å²) in [5, 5.41) is 8.14. The van der Waals surface area contributed by atoms with Gasteiger partial charge in [-0.2, -0.15) is 0 Å². The van der Waals surface area contributed by atoms with Crippen LogP contribution in [0, 0.1) is 0 Å². The minimum Gasteiger partial charge on any atom is -0.355 e. The third-order valence-electron chi connectivity index (χ3n) is 5.31. The number of hydrogen-bond acceptors (Lipinski definition) is 3. The van der Waals surface area contributed by atoms with Crippen LogP contribution in [0.15, 0.2) is 41.5 Å². The first-order valence-corrected chi connectivity index (χ1v) is 9.62. The van der Waals surface area contributed by atoms with Crippen molar-refractivity contribution < 1.29 is 0 Å². The highest BCUT2D eigenvalue weighted by atomic mass is 127. The van der Waals surface area contributed by atoms with Crippen LogP contribution in [-0.4, -0.2) is 48.1 Å². The first-order valence-electron chi connectivity index (χ1n) is 9.62. The number of benzene rings is 1. The largest absolute Gasteiger partial charge is 0.355 e. The average Bonchev–Trinajstić information content (AvgIpc) is 2.69. The monoisotopic (exact) mass is 481 g/mol. The Bertz CT molecular complexity index is 748. The van der Waals surface area contributed by atoms with E-state index in [-0.39, 0.29) is 29.5 Å². The Kier molecular flexibility index (Phi) is 8.28. The number of halogens is 1. The fourth-order valence-corrected chi connectivity index (χ4v) is 3.62. The highest BCUT2D eigenvalue weighted by Crippen LogP contribution is 2.20. The smallest absolute Gasteiger partial charge is 0.191 e. The van der Waals surface area contributed by atoms with Gasteiger partial charge in [0.15, 0.2) is 5.96 Å². The predicted molar refractivity (Wildman–Crippen MR) is 125 cm³/mol. The van der Waals surface area contributed by atoms with Crippen LogP contribution in [0.1, 0.15) is 38.7 Å². The third kappa shape index (κ3) is 5.78. The second-order valence-corrected chi connectivity index (χ2v) is 7.63. The number of aliphatic imine (C=N–C) groups is 1. The molecule has 1 aromatic heterocycles. The maximum atomic E-state index is 4.43. The predicted octanol–water partition coefficient (Wildman–Crippen LogP) is 3.78. The second kappa shape index (κ2) is 10.2. The van der Waals surface area contributed by atoms with Crippen molar-refractivity contribution in [2.24, 2.45) is 4.99 Å². The lowest BCUT2D eigenvalue weighted by Crippen LogP contribution is -2.54. The molecule has 0 unspecified atom stereocenters. The number of para-hydroxylation sites is 1. The van der Waals surface area contributed by atoms with Crippen LogP contribution in [0.3, 0.4) is 0 Å². The molecule has 1 aliphatic rings. The zero-order valence-electron chi connectivity index (χ0n) is 16.7. The van der Waals surface area contributed by atoms with E-state index in [1.165, 1.54) is 43.3 Å². The van der Waals surface area contributed by atoms with Crippen molar-refractivity contribution in [3.05, 3.63) is 42.1 Å². The van der Waals surface area contributed by atoms with E-state index in [0.29, 0.717) is 0 Å². The molecule has 1 fully saturated rings. The van der Waals surface area contributed by atoms with Gasteiger partial charge < -0.3 is 10.6 Å². The van der Waals surface area contributed by atoms with Gasteiger partial charge in [0.2, 0.25) is 0 Å². The summed E-state index contributed by atoms with van der Waals surface area (Å²) in [7, 11) is 1.83. The second-order valence-electron chi connectivity index (χ2n) is 7.63. The van der Waals surface area contributed by atoms with Crippen molar-refractivity contribution in [3.63, 3.8) is 0 Å². The van der Waals surface area contributed by atoms with Gasteiger partial charge in [-0.25, -0.2) is 0 Å². The normalized spacial score (nSPS) is 16.0. The summed E-state index contributed by atoms with van der Waals surface area (Å²) < 4.78 is 0. The first-order chi connectivity index (χ1) is 12.6. The lowest BCUT2D eigenvalue weighted by molar-refractivity contribution is 0.0982. The van der Waals surface area contributed by atoms with Crippen LogP contribution in [0.2, 0.25) is 0 Å². The Morgan fingerprint density at radius 2 is 1.85 bits per heavy atom. The molecule has 148 valence electrons. The lowest BCUT2D eigenvalue weighted by atomic mass is 9.98. The highest BCUT2D eigenvalue weighted by Gasteiger charge is 2.27. The molecule has 0 aliphatic carbocycles. The zero-order valence-corrected chi connectivity index (χ0v) is 19.0. The number of fused-ring (bicyclic) bond motifs is 1. The summed E-state index contributed by atoms with van der Waals surface area (Å²) in [6.45, 7) is 8.63. The van der Waals surface area contributed by atoms with Gasteiger partial charge in [-0.1, -0.05) is 24.6 Å². The Balaban J connectivity index is 0.00000261. The number of hydrogen-bond donors (Lipinski definition) is 2. The van der Waals surface area contributed by atoms with E-state index in [1.807, 2.05) is 25.4 Å². The van der Waals surface area contributed by atoms with E-state index < -0.39 is 0 Å². The van der Waals surface area contributed by atoms with Crippen LogP contribution in [-0.2, 0) is 6.54 Å². The lowest BCUT2D eigenvalue weighted by Gasteiger charge is -2.41. The molecule has 0 amide bonds. The summed E-state index contributed by atoms with van der Waals surface area (Å²) in [6, 6.07) is 10.3. The van der Waals surface area contributed by atoms with Gasteiger partial charge in [0, 0.05) is 37.3 Å². The molecule has 6 heteroatoms. The zero-order chi connectivity index (χ0) is 18.4. The average molecular weight is 481 g/mol. The van der Waals surface area contributed by atoms with Crippen molar-refractivity contribution in [2.45, 2.75) is 45.2 Å². The number of rotatable bonds is 5. The Morgan fingerprint density at radius 3 is 2.59 bits per heavy atom. The molecular formula is C21H32IN5. The molecular weight excluding hydrogens is 449 g/mol. The Hall–Kier alpha value is -1.41. The van der Waals surface area contributed by atoms with Crippen LogP contribution in [0.25, 0.3) is 10.9 Å². The molecule has 0 spiro atoms. The van der Waals surface area contributed by atoms with Crippen molar-refractivity contribution in [1.29, 1.82) is 0 Å². The topological polar surface area (TPSA) is 52.6 Å². The number of nitrogens with zero attached hydrogens (tertiary/aromatic N) is 3. The molecule has 27 heavy (non-hydrogen) atoms. The molecule has 2 aromatic rings. The Labute approximate surface area is 180 Å². The van der Waals surface area contributed by atoms with Crippen LogP contribution in [0.5, 0.6) is 0 Å². The molecule has 5 nitrogen and oxygen atoms in total. The molecule has 0 radical (unpaired) electrons. The SMILES string of the molecule is CN=C(NCc1ccnc2ccccc12)NCC(C)(C)N1CCCCC1.I. The van der Waals surface area contributed by atoms with E-state index in [4.69, 9.17) is 0 Å². The van der Waals surface area contributed by atoms with Crippen molar-refractivity contribution in [3.8, 4) is 0 Å². The number of nitrogens with one attached hydrogen (secondary N) is 2. The van der Waals surface area contributed by atoms with Crippen molar-refractivity contribution >= 4 is 40.8 Å². The van der Waals surface area contributed by atoms with E-state index in [2.05, 4.69) is 57.6 Å². The first kappa shape index (κ1) is 21.9. The minimum absolute atomic E-state index is 0. The molecule has 0 bridgehead atoms. The fraction of sp³-hybridized carbons (Fsp3) is 0.524. The molecule has 3 rings (SSSR count). The number of guanidine groups is 1. The quantitative estimate of drug-likeness (QED) is 0.388. The van der Waals surface area contributed by atoms with Gasteiger partial charge in [0.25, 0.3) is 0 Å². The molecule has 2 heterocycles. The Morgan fingerprint density at radius 1 is 1.11 bits per heavy atom. The highest BCUT2D eigenvalue weighted by molar-refractivity contribution is 14.0. The molecule has 0 saturated carbocycles. The van der Waals surface area contributed by atoms with Crippen LogP contribution in [0.4, 0.5) is 0 Å². The number of piperidine rings is 1. The fourth-order valence-electron chi connectivity index (χ4n) is 3.62. The van der Waals surface area contributed by atoms with Gasteiger partial charge in [-0.3, -0.25) is 14.9 Å². The van der Waals surface area contributed by atoms with Gasteiger partial charge in [-0.15, -0.1) is 24.0 Å².